The molecule has 0 fully saturated rings. The van der Waals surface area contributed by atoms with Gasteiger partial charge in [0.2, 0.25) is 0 Å². The molecule has 1 atom stereocenters. The van der Waals surface area contributed by atoms with Crippen molar-refractivity contribution in [1.29, 1.82) is 0 Å². The highest BCUT2D eigenvalue weighted by atomic mass is 19.1. The molecule has 1 rings (SSSR count). The van der Waals surface area contributed by atoms with Gasteiger partial charge < -0.3 is 20.8 Å². The minimum absolute atomic E-state index is 0.220. The molecule has 19 heavy (non-hydrogen) atoms. The second kappa shape index (κ2) is 6.64. The number of aliphatic hydroxyl groups is 1. The Morgan fingerprint density at radius 1 is 1.26 bits per heavy atom. The van der Waals surface area contributed by atoms with Crippen LogP contribution in [0.15, 0.2) is 18.2 Å². The molecule has 0 radical (unpaired) electrons. The molecule has 0 unspecified atom stereocenters. The molecule has 0 spiro atoms. The summed E-state index contributed by atoms with van der Waals surface area (Å²) in [4.78, 5) is 22.1. The molecule has 0 aliphatic rings. The Morgan fingerprint density at radius 3 is 2.32 bits per heavy atom. The van der Waals surface area contributed by atoms with E-state index in [0.717, 1.165) is 18.2 Å². The van der Waals surface area contributed by atoms with Crippen LogP contribution >= 0.6 is 0 Å². The van der Waals surface area contributed by atoms with Crippen molar-refractivity contribution in [2.24, 2.45) is 0 Å². The third-order valence-corrected chi connectivity index (χ3v) is 2.22. The van der Waals surface area contributed by atoms with Crippen LogP contribution in [0.1, 0.15) is 6.42 Å². The van der Waals surface area contributed by atoms with Gasteiger partial charge in [-0.2, -0.15) is 0 Å². The van der Waals surface area contributed by atoms with Crippen LogP contribution in [0.2, 0.25) is 0 Å². The van der Waals surface area contributed by atoms with Gasteiger partial charge in [-0.3, -0.25) is 0 Å². The van der Waals surface area contributed by atoms with E-state index >= 15 is 0 Å². The first kappa shape index (κ1) is 14.8. The molecule has 6 nitrogen and oxygen atoms in total. The molecule has 0 aliphatic heterocycles. The van der Waals surface area contributed by atoms with E-state index in [1.54, 1.807) is 0 Å². The van der Waals surface area contributed by atoms with Crippen LogP contribution in [0.3, 0.4) is 0 Å². The van der Waals surface area contributed by atoms with Crippen LogP contribution in [-0.2, 0) is 4.79 Å². The molecule has 0 bridgehead atoms. The van der Waals surface area contributed by atoms with E-state index in [1.165, 1.54) is 0 Å². The number of carboxylic acid groups (broad SMARTS) is 1. The Labute approximate surface area is 107 Å². The molecule has 2 amide bonds. The number of hydrogen-bond acceptors (Lipinski definition) is 3. The number of hydrogen-bond donors (Lipinski definition) is 4. The van der Waals surface area contributed by atoms with Gasteiger partial charge in [-0.1, -0.05) is 6.07 Å². The highest BCUT2D eigenvalue weighted by Crippen LogP contribution is 2.17. The lowest BCUT2D eigenvalue weighted by Gasteiger charge is -2.14. The molecule has 0 saturated carbocycles. The third-order valence-electron chi connectivity index (χ3n) is 2.22. The fraction of sp³-hybridized carbons (Fsp3) is 0.273. The average molecular weight is 274 g/mol. The number of benzene rings is 1. The Kier molecular flexibility index (Phi) is 5.19. The van der Waals surface area contributed by atoms with E-state index in [1.807, 2.05) is 10.6 Å². The first-order valence-corrected chi connectivity index (χ1v) is 5.31. The molecule has 0 heterocycles. The Balaban J connectivity index is 2.72. The maximum absolute atomic E-state index is 13.2. The summed E-state index contributed by atoms with van der Waals surface area (Å²) in [5.41, 5.74) is -0.673. The minimum Gasteiger partial charge on any atom is -0.480 e. The van der Waals surface area contributed by atoms with Crippen LogP contribution in [0, 0.1) is 11.6 Å². The number of halogens is 2. The van der Waals surface area contributed by atoms with Gasteiger partial charge in [-0.05, 0) is 12.1 Å². The zero-order valence-electron chi connectivity index (χ0n) is 9.69. The zero-order chi connectivity index (χ0) is 14.4. The van der Waals surface area contributed by atoms with E-state index in [9.17, 15) is 18.4 Å². The number of urea groups is 1. The molecule has 104 valence electrons. The number of amides is 2. The van der Waals surface area contributed by atoms with Crippen molar-refractivity contribution in [1.82, 2.24) is 5.32 Å². The molecule has 1 aromatic rings. The smallest absolute Gasteiger partial charge is 0.326 e. The number of anilines is 1. The Morgan fingerprint density at radius 2 is 1.84 bits per heavy atom. The van der Waals surface area contributed by atoms with Crippen molar-refractivity contribution in [3.05, 3.63) is 29.8 Å². The van der Waals surface area contributed by atoms with E-state index in [2.05, 4.69) is 0 Å². The fourth-order valence-corrected chi connectivity index (χ4v) is 1.31. The molecule has 1 aromatic carbocycles. The quantitative estimate of drug-likeness (QED) is 0.641. The highest BCUT2D eigenvalue weighted by Gasteiger charge is 2.20. The lowest BCUT2D eigenvalue weighted by molar-refractivity contribution is -0.139. The molecule has 0 saturated heterocycles. The first-order chi connectivity index (χ1) is 8.95. The van der Waals surface area contributed by atoms with Crippen molar-refractivity contribution in [2.45, 2.75) is 12.5 Å². The normalized spacial score (nSPS) is 11.7. The van der Waals surface area contributed by atoms with E-state index < -0.39 is 42.0 Å². The van der Waals surface area contributed by atoms with Crippen molar-refractivity contribution in [2.75, 3.05) is 11.9 Å². The zero-order valence-corrected chi connectivity index (χ0v) is 9.69. The molecular weight excluding hydrogens is 262 g/mol. The summed E-state index contributed by atoms with van der Waals surface area (Å²) >= 11 is 0. The van der Waals surface area contributed by atoms with Gasteiger partial charge >= 0.3 is 12.0 Å². The largest absolute Gasteiger partial charge is 0.480 e. The number of carbonyl (C=O) groups excluding carboxylic acids is 1. The average Bonchev–Trinajstić information content (AvgIpc) is 2.33. The first-order valence-electron chi connectivity index (χ1n) is 5.31. The van der Waals surface area contributed by atoms with Crippen LogP contribution < -0.4 is 10.6 Å². The van der Waals surface area contributed by atoms with Crippen molar-refractivity contribution < 1.29 is 28.6 Å². The fourth-order valence-electron chi connectivity index (χ4n) is 1.31. The second-order valence-electron chi connectivity index (χ2n) is 3.60. The number of carbonyl (C=O) groups is 2. The lowest BCUT2D eigenvalue weighted by Crippen LogP contribution is -2.43. The van der Waals surface area contributed by atoms with Crippen LogP contribution in [-0.4, -0.2) is 34.9 Å². The van der Waals surface area contributed by atoms with E-state index in [0.29, 0.717) is 0 Å². The monoisotopic (exact) mass is 274 g/mol. The lowest BCUT2D eigenvalue weighted by atomic mass is 10.2. The number of carboxylic acids is 1. The number of aliphatic hydroxyl groups excluding tert-OH is 1. The Bertz CT molecular complexity index is 462. The van der Waals surface area contributed by atoms with Gasteiger partial charge in [0.25, 0.3) is 0 Å². The minimum atomic E-state index is -1.36. The predicted octanol–water partition coefficient (Wildman–Crippen LogP) is 0.922. The van der Waals surface area contributed by atoms with Gasteiger partial charge in [0.15, 0.2) is 0 Å². The van der Waals surface area contributed by atoms with Crippen molar-refractivity contribution in [3.8, 4) is 0 Å². The standard InChI is InChI=1S/C11H12F2N2O4/c12-6-2-1-3-7(13)9(6)15-11(19)14-8(4-5-16)10(17)18/h1-3,8,16H,4-5H2,(H,17,18)(H2,14,15,19)/t8-/m0/s1. The maximum Gasteiger partial charge on any atom is 0.326 e. The number of aliphatic carboxylic acids is 1. The predicted molar refractivity (Wildman–Crippen MR) is 61.6 cm³/mol. The van der Waals surface area contributed by atoms with Crippen LogP contribution in [0.4, 0.5) is 19.3 Å². The van der Waals surface area contributed by atoms with Gasteiger partial charge in [-0.25, -0.2) is 18.4 Å². The van der Waals surface area contributed by atoms with E-state index in [-0.39, 0.29) is 6.42 Å². The number of para-hydroxylation sites is 1. The Hall–Kier alpha value is -2.22. The van der Waals surface area contributed by atoms with Gasteiger partial charge in [0.05, 0.1) is 0 Å². The number of rotatable bonds is 5. The van der Waals surface area contributed by atoms with Gasteiger partial charge in [0, 0.05) is 13.0 Å². The summed E-state index contributed by atoms with van der Waals surface area (Å²) in [6.45, 7) is -0.453. The van der Waals surface area contributed by atoms with Crippen molar-refractivity contribution in [3.63, 3.8) is 0 Å². The van der Waals surface area contributed by atoms with Crippen molar-refractivity contribution >= 4 is 17.7 Å². The SMILES string of the molecule is O=C(Nc1c(F)cccc1F)N[C@@H](CCO)C(=O)O. The molecule has 0 aliphatic carbocycles. The summed E-state index contributed by atoms with van der Waals surface area (Å²) in [5.74, 6) is -3.33. The summed E-state index contributed by atoms with van der Waals surface area (Å²) < 4.78 is 26.4. The summed E-state index contributed by atoms with van der Waals surface area (Å²) in [5, 5.41) is 21.2. The molecule has 4 N–H and O–H groups in total. The third kappa shape index (κ3) is 4.18. The molecule has 8 heteroatoms. The second-order valence-corrected chi connectivity index (χ2v) is 3.60. The number of nitrogens with one attached hydrogen (secondary N) is 2. The summed E-state index contributed by atoms with van der Waals surface area (Å²) in [7, 11) is 0. The van der Waals surface area contributed by atoms with Crippen LogP contribution in [0.5, 0.6) is 0 Å². The van der Waals surface area contributed by atoms with Crippen LogP contribution in [0.25, 0.3) is 0 Å². The molecule has 0 aromatic heterocycles. The maximum atomic E-state index is 13.2. The summed E-state index contributed by atoms with van der Waals surface area (Å²) in [6.07, 6.45) is -0.220. The summed E-state index contributed by atoms with van der Waals surface area (Å²) in [6, 6.07) is 0.589. The molecular formula is C11H12F2N2O4. The van der Waals surface area contributed by atoms with Gasteiger partial charge in [0.1, 0.15) is 23.4 Å². The van der Waals surface area contributed by atoms with E-state index in [4.69, 9.17) is 10.2 Å². The topological polar surface area (TPSA) is 98.7 Å². The van der Waals surface area contributed by atoms with Gasteiger partial charge in [-0.15, -0.1) is 0 Å². The highest BCUT2D eigenvalue weighted by molar-refractivity contribution is 5.92.